The predicted octanol–water partition coefficient (Wildman–Crippen LogP) is 3.10. The van der Waals surface area contributed by atoms with E-state index < -0.39 is 42.0 Å². The summed E-state index contributed by atoms with van der Waals surface area (Å²) in [5, 5.41) is 54.5. The van der Waals surface area contributed by atoms with Crippen molar-refractivity contribution in [2.75, 3.05) is 33.2 Å². The van der Waals surface area contributed by atoms with Crippen molar-refractivity contribution in [3.8, 4) is 5.75 Å². The zero-order valence-corrected chi connectivity index (χ0v) is 28.1. The molecule has 14 heteroatoms. The van der Waals surface area contributed by atoms with E-state index >= 15 is 0 Å². The molecule has 0 radical (unpaired) electrons. The van der Waals surface area contributed by atoms with E-state index in [0.29, 0.717) is 37.6 Å². The van der Waals surface area contributed by atoms with Crippen molar-refractivity contribution < 1.29 is 54.6 Å². The Hall–Kier alpha value is -3.75. The molecule has 1 fully saturated rings. The van der Waals surface area contributed by atoms with E-state index in [4.69, 9.17) is 36.8 Å². The summed E-state index contributed by atoms with van der Waals surface area (Å²) >= 11 is 6.42. The quantitative estimate of drug-likeness (QED) is 0.179. The number of phenols is 1. The van der Waals surface area contributed by atoms with Crippen molar-refractivity contribution in [3.63, 3.8) is 0 Å². The summed E-state index contributed by atoms with van der Waals surface area (Å²) in [6.07, 6.45) is 0.444. The molecule has 0 saturated carbocycles. The number of carbonyl (C=O) groups excluding carboxylic acids is 1. The first-order chi connectivity index (χ1) is 22.3. The molecule has 2 aromatic rings. The van der Waals surface area contributed by atoms with Gasteiger partial charge in [-0.15, -0.1) is 0 Å². The van der Waals surface area contributed by atoms with E-state index in [0.717, 1.165) is 31.5 Å². The number of ether oxygens (including phenoxy) is 1. The lowest BCUT2D eigenvalue weighted by atomic mass is 9.83. The largest absolute Gasteiger partial charge is 0.508 e. The molecule has 2 aliphatic rings. The second kappa shape index (κ2) is 16.1. The minimum atomic E-state index is -2.74. The van der Waals surface area contributed by atoms with Gasteiger partial charge in [0.25, 0.3) is 0 Å². The van der Waals surface area contributed by atoms with Gasteiger partial charge in [0, 0.05) is 38.2 Å². The fourth-order valence-corrected chi connectivity index (χ4v) is 6.19. The number of rotatable bonds is 13. The van der Waals surface area contributed by atoms with Crippen LogP contribution < -0.4 is 0 Å². The lowest BCUT2D eigenvalue weighted by molar-refractivity contribution is -0.170. The normalized spacial score (nSPS) is 16.4. The van der Waals surface area contributed by atoms with Crippen LogP contribution in [0.25, 0.3) is 0 Å². The number of phenolic OH excluding ortho intramolecular Hbond substituents is 1. The van der Waals surface area contributed by atoms with Crippen molar-refractivity contribution in [3.05, 3.63) is 64.2 Å². The molecule has 0 aromatic heterocycles. The Balaban J connectivity index is 0.000000408. The number of aromatic hydroxyl groups is 1. The second-order valence-electron chi connectivity index (χ2n) is 13.2. The Labute approximate surface area is 284 Å². The molecule has 0 bridgehead atoms. The Morgan fingerprint density at radius 2 is 1.60 bits per heavy atom. The first-order valence-corrected chi connectivity index (χ1v) is 16.0. The number of piperidine rings is 1. The van der Waals surface area contributed by atoms with Gasteiger partial charge in [0.15, 0.2) is 5.60 Å². The van der Waals surface area contributed by atoms with Crippen molar-refractivity contribution in [2.45, 2.75) is 75.8 Å². The summed E-state index contributed by atoms with van der Waals surface area (Å²) in [7, 11) is 1.79. The standard InChI is InChI=1S/C28H37ClN2O4.C6H8O7/c1-27(2,34)10-13-30(3)26(33)22(16-21-17-23(32)8-9-25(21)29)18-31-14-11-28(12-15-31)24-7-5-4-6-20(24)19-35-28;7-3(8)1-6(13,5(11)12)2-4(9)10/h4-9,17,22,32,34H,10-16,18-19H2,1-3H3;13H,1-2H2,(H,7,8)(H,9,10)(H,11,12). The van der Waals surface area contributed by atoms with Crippen LogP contribution in [0.2, 0.25) is 5.02 Å². The zero-order chi connectivity index (χ0) is 35.9. The van der Waals surface area contributed by atoms with E-state index in [9.17, 15) is 29.4 Å². The molecule has 2 aromatic carbocycles. The number of benzene rings is 2. The van der Waals surface area contributed by atoms with Crippen molar-refractivity contribution >= 4 is 35.4 Å². The average Bonchev–Trinajstić information content (AvgIpc) is 3.35. The maximum Gasteiger partial charge on any atom is 0.336 e. The van der Waals surface area contributed by atoms with Crippen LogP contribution in [-0.2, 0) is 42.5 Å². The van der Waals surface area contributed by atoms with Crippen LogP contribution in [0.15, 0.2) is 42.5 Å². The lowest BCUT2D eigenvalue weighted by Crippen LogP contribution is -2.47. The van der Waals surface area contributed by atoms with Gasteiger partial charge in [0.05, 0.1) is 36.6 Å². The van der Waals surface area contributed by atoms with Crippen molar-refractivity contribution in [1.82, 2.24) is 9.80 Å². The minimum Gasteiger partial charge on any atom is -0.508 e. The molecule has 1 amide bonds. The molecule has 2 aliphatic heterocycles. The number of carbonyl (C=O) groups is 4. The second-order valence-corrected chi connectivity index (χ2v) is 13.6. The maximum atomic E-state index is 13.5. The van der Waals surface area contributed by atoms with Gasteiger partial charge in [0.2, 0.25) is 5.91 Å². The van der Waals surface area contributed by atoms with Crippen LogP contribution in [0, 0.1) is 5.92 Å². The van der Waals surface area contributed by atoms with Gasteiger partial charge in [-0.1, -0.05) is 35.9 Å². The van der Waals surface area contributed by atoms with Crippen LogP contribution in [-0.4, -0.2) is 109 Å². The van der Waals surface area contributed by atoms with Crippen LogP contribution in [0.4, 0.5) is 0 Å². The summed E-state index contributed by atoms with van der Waals surface area (Å²) in [6, 6.07) is 13.4. The molecular weight excluding hydrogens is 648 g/mol. The number of hydrogen-bond acceptors (Lipinski definition) is 9. The minimum absolute atomic E-state index is 0.0245. The van der Waals surface area contributed by atoms with Gasteiger partial charge in [-0.2, -0.15) is 0 Å². The molecule has 1 atom stereocenters. The number of fused-ring (bicyclic) bond motifs is 2. The number of halogens is 1. The highest BCUT2D eigenvalue weighted by atomic mass is 35.5. The summed E-state index contributed by atoms with van der Waals surface area (Å²) in [5.74, 6) is -5.17. The van der Waals surface area contributed by atoms with Gasteiger partial charge in [0.1, 0.15) is 5.75 Å². The molecule has 1 unspecified atom stereocenters. The molecule has 2 heterocycles. The highest BCUT2D eigenvalue weighted by molar-refractivity contribution is 6.31. The van der Waals surface area contributed by atoms with Crippen molar-refractivity contribution in [1.29, 1.82) is 0 Å². The maximum absolute atomic E-state index is 13.5. The van der Waals surface area contributed by atoms with E-state index in [-0.39, 0.29) is 23.2 Å². The Morgan fingerprint density at radius 1 is 1.00 bits per heavy atom. The highest BCUT2D eigenvalue weighted by Gasteiger charge is 2.43. The van der Waals surface area contributed by atoms with Gasteiger partial charge in [-0.3, -0.25) is 14.4 Å². The molecule has 48 heavy (non-hydrogen) atoms. The lowest BCUT2D eigenvalue weighted by Gasteiger charge is -2.40. The fourth-order valence-electron chi connectivity index (χ4n) is 6.00. The topological polar surface area (TPSA) is 205 Å². The molecule has 6 N–H and O–H groups in total. The van der Waals surface area contributed by atoms with Crippen LogP contribution in [0.1, 0.15) is 62.6 Å². The number of nitrogens with zero attached hydrogens (tertiary/aromatic N) is 2. The third kappa shape index (κ3) is 10.6. The number of likely N-dealkylation sites (tertiary alicyclic amines) is 1. The van der Waals surface area contributed by atoms with Crippen LogP contribution >= 0.6 is 11.6 Å². The molecular formula is C34H45ClN2O11. The average molecular weight is 693 g/mol. The number of amides is 1. The summed E-state index contributed by atoms with van der Waals surface area (Å²) in [5.41, 5.74) is -0.437. The zero-order valence-electron chi connectivity index (χ0n) is 27.4. The van der Waals surface area contributed by atoms with E-state index in [1.807, 2.05) is 0 Å². The number of aliphatic carboxylic acids is 3. The fraction of sp³-hybridized carbons (Fsp3) is 0.529. The first-order valence-electron chi connectivity index (χ1n) is 15.6. The highest BCUT2D eigenvalue weighted by Crippen LogP contribution is 2.44. The van der Waals surface area contributed by atoms with E-state index in [1.165, 1.54) is 11.1 Å². The predicted molar refractivity (Wildman–Crippen MR) is 175 cm³/mol. The van der Waals surface area contributed by atoms with E-state index in [2.05, 4.69) is 29.2 Å². The monoisotopic (exact) mass is 692 g/mol. The molecule has 0 aliphatic carbocycles. The Bertz CT molecular complexity index is 1450. The summed E-state index contributed by atoms with van der Waals surface area (Å²) < 4.78 is 6.31. The Kier molecular flexibility index (Phi) is 13.0. The number of aliphatic hydroxyl groups is 2. The van der Waals surface area contributed by atoms with Crippen LogP contribution in [0.3, 0.4) is 0 Å². The smallest absolute Gasteiger partial charge is 0.336 e. The van der Waals surface area contributed by atoms with Gasteiger partial charge in [-0.25, -0.2) is 4.79 Å². The van der Waals surface area contributed by atoms with E-state index in [1.54, 1.807) is 44.0 Å². The van der Waals surface area contributed by atoms with Gasteiger partial charge in [-0.05, 0) is 74.4 Å². The first kappa shape index (κ1) is 38.7. The third-order valence-electron chi connectivity index (χ3n) is 8.72. The molecule has 1 spiro atoms. The molecule has 4 rings (SSSR count). The summed E-state index contributed by atoms with van der Waals surface area (Å²) in [4.78, 5) is 48.1. The number of carboxylic acid groups (broad SMARTS) is 3. The summed E-state index contributed by atoms with van der Waals surface area (Å²) in [6.45, 7) is 6.94. The molecule has 1 saturated heterocycles. The SMILES string of the molecule is CN(CCC(C)(C)O)C(=O)C(Cc1cc(O)ccc1Cl)CN1CCC2(CC1)OCc1ccccc12.O=C(O)CC(O)(CC(=O)O)C(=O)O. The Morgan fingerprint density at radius 3 is 2.17 bits per heavy atom. The number of carboxylic acids is 3. The molecule has 13 nitrogen and oxygen atoms in total. The van der Waals surface area contributed by atoms with Crippen LogP contribution in [0.5, 0.6) is 5.75 Å². The van der Waals surface area contributed by atoms with Gasteiger partial charge >= 0.3 is 17.9 Å². The number of hydrogen-bond donors (Lipinski definition) is 6. The van der Waals surface area contributed by atoms with Crippen molar-refractivity contribution in [2.24, 2.45) is 5.92 Å². The third-order valence-corrected chi connectivity index (χ3v) is 9.09. The van der Waals surface area contributed by atoms with Gasteiger partial charge < -0.3 is 45.2 Å². The molecule has 264 valence electrons.